The molecule has 0 spiro atoms. The average molecular weight is 344 g/mol. The molecule has 0 fully saturated rings. The number of hydrogen-bond donors (Lipinski definition) is 1. The number of anilines is 1. The van der Waals surface area contributed by atoms with Crippen LogP contribution in [0.2, 0.25) is 0 Å². The normalized spacial score (nSPS) is 13.8. The Morgan fingerprint density at radius 1 is 1.40 bits per heavy atom. The van der Waals surface area contributed by atoms with Crippen LogP contribution in [0.15, 0.2) is 10.6 Å². The highest BCUT2D eigenvalue weighted by Gasteiger charge is 2.23. The lowest BCUT2D eigenvalue weighted by Crippen LogP contribution is -2.36. The fraction of sp³-hybridized carbons (Fsp3) is 0.588. The number of amides is 1. The number of fused-ring (bicyclic) bond motifs is 1. The second-order valence-electron chi connectivity index (χ2n) is 6.50. The lowest BCUT2D eigenvalue weighted by molar-refractivity contribution is -0.132. The molecule has 3 heterocycles. The van der Waals surface area contributed by atoms with Gasteiger partial charge < -0.3 is 14.7 Å². The van der Waals surface area contributed by atoms with E-state index in [1.165, 1.54) is 0 Å². The zero-order chi connectivity index (χ0) is 17.8. The van der Waals surface area contributed by atoms with Gasteiger partial charge in [0.2, 0.25) is 11.8 Å². The van der Waals surface area contributed by atoms with Crippen molar-refractivity contribution < 1.29 is 9.32 Å². The third-order valence-corrected chi connectivity index (χ3v) is 4.20. The quantitative estimate of drug-likeness (QED) is 0.855. The molecule has 0 aromatic carbocycles. The lowest BCUT2D eigenvalue weighted by atomic mass is 10.1. The van der Waals surface area contributed by atoms with Crippen LogP contribution < -0.4 is 5.32 Å². The molecule has 1 N–H and O–H groups in total. The van der Waals surface area contributed by atoms with Crippen LogP contribution >= 0.6 is 0 Å². The molecule has 0 aliphatic carbocycles. The van der Waals surface area contributed by atoms with E-state index in [1.54, 1.807) is 0 Å². The van der Waals surface area contributed by atoms with Gasteiger partial charge in [0.1, 0.15) is 5.82 Å². The highest BCUT2D eigenvalue weighted by Crippen LogP contribution is 2.20. The number of nitrogens with one attached hydrogen (secondary N) is 1. The van der Waals surface area contributed by atoms with Crippen molar-refractivity contribution in [1.29, 1.82) is 0 Å². The van der Waals surface area contributed by atoms with Crippen LogP contribution in [0.25, 0.3) is 0 Å². The van der Waals surface area contributed by atoms with Crippen molar-refractivity contribution in [2.75, 3.05) is 18.4 Å². The van der Waals surface area contributed by atoms with Gasteiger partial charge in [-0.05, 0) is 18.6 Å². The highest BCUT2D eigenvalue weighted by molar-refractivity contribution is 5.76. The lowest BCUT2D eigenvalue weighted by Gasteiger charge is -2.28. The summed E-state index contributed by atoms with van der Waals surface area (Å²) in [5.74, 6) is 2.27. The smallest absolute Gasteiger partial charge is 0.227 e. The van der Waals surface area contributed by atoms with Gasteiger partial charge in [0.05, 0.1) is 5.69 Å². The Kier molecular flexibility index (Phi) is 5.25. The first kappa shape index (κ1) is 17.3. The van der Waals surface area contributed by atoms with E-state index in [2.05, 4.69) is 25.7 Å². The number of carbonyl (C=O) groups excluding carboxylic acids is 1. The van der Waals surface area contributed by atoms with Crippen LogP contribution in [0.1, 0.15) is 56.1 Å². The molecule has 0 radical (unpaired) electrons. The van der Waals surface area contributed by atoms with E-state index in [-0.39, 0.29) is 11.8 Å². The van der Waals surface area contributed by atoms with E-state index in [9.17, 15) is 4.79 Å². The minimum atomic E-state index is 0.0942. The van der Waals surface area contributed by atoms with E-state index in [0.717, 1.165) is 30.0 Å². The van der Waals surface area contributed by atoms with Gasteiger partial charge in [0.15, 0.2) is 5.82 Å². The fourth-order valence-electron chi connectivity index (χ4n) is 2.79. The minimum absolute atomic E-state index is 0.0942. The molecule has 2 aromatic heterocycles. The molecule has 8 nitrogen and oxygen atoms in total. The molecule has 1 aliphatic rings. The maximum absolute atomic E-state index is 12.5. The van der Waals surface area contributed by atoms with Crippen molar-refractivity contribution in [3.05, 3.63) is 29.0 Å². The number of carbonyl (C=O) groups is 1. The summed E-state index contributed by atoms with van der Waals surface area (Å²) in [7, 11) is 0. The number of rotatable bonds is 6. The molecule has 8 heteroatoms. The van der Waals surface area contributed by atoms with Crippen molar-refractivity contribution in [1.82, 2.24) is 25.2 Å². The van der Waals surface area contributed by atoms with Gasteiger partial charge in [-0.25, -0.2) is 0 Å². The number of nitrogens with zero attached hydrogens (tertiary/aromatic N) is 5. The number of hydrogen-bond acceptors (Lipinski definition) is 7. The minimum Gasteiger partial charge on any atom is -0.369 e. The zero-order valence-electron chi connectivity index (χ0n) is 14.9. The summed E-state index contributed by atoms with van der Waals surface area (Å²) >= 11 is 0. The monoisotopic (exact) mass is 344 g/mol. The van der Waals surface area contributed by atoms with Gasteiger partial charge in [-0.3, -0.25) is 4.79 Å². The van der Waals surface area contributed by atoms with E-state index in [0.29, 0.717) is 37.6 Å². The van der Waals surface area contributed by atoms with E-state index in [1.807, 2.05) is 31.7 Å². The molecule has 0 saturated carbocycles. The molecule has 25 heavy (non-hydrogen) atoms. The Hall–Kier alpha value is -2.51. The Morgan fingerprint density at radius 2 is 2.24 bits per heavy atom. The Balaban J connectivity index is 1.58. The zero-order valence-corrected chi connectivity index (χ0v) is 14.9. The second-order valence-corrected chi connectivity index (χ2v) is 6.50. The third-order valence-electron chi connectivity index (χ3n) is 4.20. The van der Waals surface area contributed by atoms with Crippen molar-refractivity contribution in [2.45, 2.75) is 52.5 Å². The Labute approximate surface area is 147 Å². The van der Waals surface area contributed by atoms with Crippen LogP contribution in [0.4, 0.5) is 5.82 Å². The molecule has 2 aromatic rings. The molecular weight excluding hydrogens is 320 g/mol. The second kappa shape index (κ2) is 7.58. The summed E-state index contributed by atoms with van der Waals surface area (Å²) < 4.78 is 5.20. The van der Waals surface area contributed by atoms with Crippen LogP contribution in [0.5, 0.6) is 0 Å². The molecule has 1 aliphatic heterocycles. The van der Waals surface area contributed by atoms with Gasteiger partial charge in [0, 0.05) is 44.8 Å². The SMILES string of the molecule is CCNc1cc2c(nn1)CCN(C(=O)CCc1nc(C(C)C)no1)C2. The molecule has 0 atom stereocenters. The molecule has 0 saturated heterocycles. The van der Waals surface area contributed by atoms with Crippen molar-refractivity contribution >= 4 is 11.7 Å². The van der Waals surface area contributed by atoms with Crippen LogP contribution in [0, 0.1) is 0 Å². The van der Waals surface area contributed by atoms with E-state index < -0.39 is 0 Å². The molecule has 0 bridgehead atoms. The predicted octanol–water partition coefficient (Wildman–Crippen LogP) is 1.93. The summed E-state index contributed by atoms with van der Waals surface area (Å²) in [6.45, 7) is 8.06. The Morgan fingerprint density at radius 3 is 2.96 bits per heavy atom. The summed E-state index contributed by atoms with van der Waals surface area (Å²) in [4.78, 5) is 18.7. The van der Waals surface area contributed by atoms with Crippen molar-refractivity contribution in [3.63, 3.8) is 0 Å². The largest absolute Gasteiger partial charge is 0.369 e. The van der Waals surface area contributed by atoms with Crippen LogP contribution in [0.3, 0.4) is 0 Å². The van der Waals surface area contributed by atoms with Crippen molar-refractivity contribution in [3.8, 4) is 0 Å². The average Bonchev–Trinajstić information content (AvgIpc) is 3.08. The van der Waals surface area contributed by atoms with E-state index in [4.69, 9.17) is 4.52 Å². The third kappa shape index (κ3) is 4.12. The summed E-state index contributed by atoms with van der Waals surface area (Å²) in [6, 6.07) is 1.98. The summed E-state index contributed by atoms with van der Waals surface area (Å²) in [5, 5.41) is 15.5. The van der Waals surface area contributed by atoms with Gasteiger partial charge in [-0.15, -0.1) is 5.10 Å². The van der Waals surface area contributed by atoms with E-state index >= 15 is 0 Å². The first-order chi connectivity index (χ1) is 12.1. The molecule has 1 amide bonds. The summed E-state index contributed by atoms with van der Waals surface area (Å²) in [6.07, 6.45) is 1.57. The summed E-state index contributed by atoms with van der Waals surface area (Å²) in [5.41, 5.74) is 2.04. The Bertz CT molecular complexity index is 742. The molecule has 134 valence electrons. The topological polar surface area (TPSA) is 97.0 Å². The molecule has 3 rings (SSSR count). The maximum Gasteiger partial charge on any atom is 0.227 e. The van der Waals surface area contributed by atoms with Crippen LogP contribution in [-0.2, 0) is 24.2 Å². The molecular formula is C17H24N6O2. The number of aromatic nitrogens is 4. The van der Waals surface area contributed by atoms with Crippen LogP contribution in [-0.4, -0.2) is 44.2 Å². The first-order valence-corrected chi connectivity index (χ1v) is 8.76. The molecule has 0 unspecified atom stereocenters. The van der Waals surface area contributed by atoms with Gasteiger partial charge in [-0.1, -0.05) is 19.0 Å². The van der Waals surface area contributed by atoms with Gasteiger partial charge >= 0.3 is 0 Å². The van der Waals surface area contributed by atoms with Crippen molar-refractivity contribution in [2.24, 2.45) is 0 Å². The predicted molar refractivity (Wildman–Crippen MR) is 92.0 cm³/mol. The fourth-order valence-corrected chi connectivity index (χ4v) is 2.79. The van der Waals surface area contributed by atoms with Gasteiger partial charge in [-0.2, -0.15) is 10.1 Å². The number of aryl methyl sites for hydroxylation is 1. The standard InChI is InChI=1S/C17H24N6O2/c1-4-18-14-9-12-10-23(8-7-13(12)20-21-14)16(24)6-5-15-19-17(11(2)3)22-25-15/h9,11H,4-8,10H2,1-3H3,(H,18,21). The first-order valence-electron chi connectivity index (χ1n) is 8.76. The maximum atomic E-state index is 12.5. The van der Waals surface area contributed by atoms with Gasteiger partial charge in [0.25, 0.3) is 0 Å². The highest BCUT2D eigenvalue weighted by atomic mass is 16.5.